The van der Waals surface area contributed by atoms with Crippen molar-refractivity contribution in [1.82, 2.24) is 0 Å². The molecule has 0 nitrogen and oxygen atoms in total. The van der Waals surface area contributed by atoms with Gasteiger partial charge in [0.25, 0.3) is 0 Å². The lowest BCUT2D eigenvalue weighted by Gasteiger charge is -2.12. The molecule has 1 aliphatic rings. The third kappa shape index (κ3) is 1.86. The average Bonchev–Trinajstić information content (AvgIpc) is 2.48. The van der Waals surface area contributed by atoms with Crippen molar-refractivity contribution in [2.24, 2.45) is 11.3 Å². The van der Waals surface area contributed by atoms with Crippen molar-refractivity contribution in [1.29, 1.82) is 0 Å². The lowest BCUT2D eigenvalue weighted by Crippen LogP contribution is -2.05. The molecule has 0 N–H and O–H groups in total. The molecule has 0 unspecified atom stereocenters. The van der Waals surface area contributed by atoms with Crippen molar-refractivity contribution >= 4 is 11.6 Å². The van der Waals surface area contributed by atoms with Crippen molar-refractivity contribution in [2.75, 3.05) is 5.88 Å². The zero-order chi connectivity index (χ0) is 6.91. The van der Waals surface area contributed by atoms with Gasteiger partial charge in [0.1, 0.15) is 0 Å². The summed E-state index contributed by atoms with van der Waals surface area (Å²) in [4.78, 5) is 0. The Bertz CT molecular complexity index is 92.7. The molecule has 0 aliphatic heterocycles. The van der Waals surface area contributed by atoms with Gasteiger partial charge in [-0.05, 0) is 30.6 Å². The van der Waals surface area contributed by atoms with Gasteiger partial charge in [-0.2, -0.15) is 0 Å². The molecule has 9 heavy (non-hydrogen) atoms. The first-order chi connectivity index (χ1) is 4.18. The van der Waals surface area contributed by atoms with Gasteiger partial charge in [-0.25, -0.2) is 0 Å². The highest BCUT2D eigenvalue weighted by Crippen LogP contribution is 2.51. The molecule has 0 saturated heterocycles. The molecule has 1 rings (SSSR count). The molecule has 0 aromatic rings. The Hall–Kier alpha value is 0.290. The molecule has 1 saturated carbocycles. The van der Waals surface area contributed by atoms with Crippen LogP contribution in [-0.2, 0) is 0 Å². The van der Waals surface area contributed by atoms with E-state index in [2.05, 4.69) is 13.8 Å². The Kier molecular flexibility index (Phi) is 2.05. The molecule has 0 spiro atoms. The van der Waals surface area contributed by atoms with E-state index in [4.69, 9.17) is 11.6 Å². The molecule has 1 aliphatic carbocycles. The average molecular weight is 147 g/mol. The fraction of sp³-hybridized carbons (Fsp3) is 1.00. The summed E-state index contributed by atoms with van der Waals surface area (Å²) in [7, 11) is 0. The van der Waals surface area contributed by atoms with Gasteiger partial charge < -0.3 is 0 Å². The van der Waals surface area contributed by atoms with Crippen LogP contribution in [0.2, 0.25) is 0 Å². The van der Waals surface area contributed by atoms with E-state index in [1.54, 1.807) is 0 Å². The second kappa shape index (κ2) is 2.49. The second-order valence-corrected chi connectivity index (χ2v) is 4.00. The van der Waals surface area contributed by atoms with E-state index in [1.165, 1.54) is 19.3 Å². The summed E-state index contributed by atoms with van der Waals surface area (Å²) < 4.78 is 0. The molecule has 0 aromatic carbocycles. The van der Waals surface area contributed by atoms with Gasteiger partial charge in [-0.1, -0.05) is 13.8 Å². The van der Waals surface area contributed by atoms with Gasteiger partial charge >= 0.3 is 0 Å². The lowest BCUT2D eigenvalue weighted by atomic mass is 9.96. The number of rotatable bonds is 3. The number of alkyl halides is 1. The number of hydrogen-bond acceptors (Lipinski definition) is 0. The summed E-state index contributed by atoms with van der Waals surface area (Å²) in [5.41, 5.74) is 0.579. The minimum atomic E-state index is 0.579. The number of halogens is 1. The van der Waals surface area contributed by atoms with Crippen LogP contribution in [0.1, 0.15) is 33.1 Å². The Morgan fingerprint density at radius 2 is 2.00 bits per heavy atom. The molecular formula is C8H15Cl. The first-order valence-electron chi connectivity index (χ1n) is 3.74. The van der Waals surface area contributed by atoms with E-state index in [0.29, 0.717) is 5.41 Å². The molecule has 0 atom stereocenters. The topological polar surface area (TPSA) is 0 Å². The quantitative estimate of drug-likeness (QED) is 0.537. The smallest absolute Gasteiger partial charge is 0.0280 e. The zero-order valence-corrected chi connectivity index (χ0v) is 7.04. The summed E-state index contributed by atoms with van der Waals surface area (Å²) >= 11 is 5.80. The minimum absolute atomic E-state index is 0.579. The van der Waals surface area contributed by atoms with Crippen LogP contribution in [0.25, 0.3) is 0 Å². The van der Waals surface area contributed by atoms with Gasteiger partial charge in [0.2, 0.25) is 0 Å². The maximum atomic E-state index is 5.80. The van der Waals surface area contributed by atoms with E-state index in [9.17, 15) is 0 Å². The Labute approximate surface area is 62.6 Å². The van der Waals surface area contributed by atoms with Crippen LogP contribution in [0.15, 0.2) is 0 Å². The number of hydrogen-bond donors (Lipinski definition) is 0. The van der Waals surface area contributed by atoms with Gasteiger partial charge in [0, 0.05) is 5.88 Å². The summed E-state index contributed by atoms with van der Waals surface area (Å²) in [5, 5.41) is 0. The van der Waals surface area contributed by atoms with Gasteiger partial charge in [-0.3, -0.25) is 0 Å². The highest BCUT2D eigenvalue weighted by atomic mass is 35.5. The maximum absolute atomic E-state index is 5.80. The van der Waals surface area contributed by atoms with Gasteiger partial charge in [0.05, 0.1) is 0 Å². The first-order valence-corrected chi connectivity index (χ1v) is 4.28. The molecule has 0 heterocycles. The van der Waals surface area contributed by atoms with Crippen molar-refractivity contribution in [2.45, 2.75) is 33.1 Å². The standard InChI is InChI=1S/C8H15Cl/c1-7(2)5-8(6-9)3-4-8/h7H,3-6H2,1-2H3. The van der Waals surface area contributed by atoms with Crippen LogP contribution in [0, 0.1) is 11.3 Å². The van der Waals surface area contributed by atoms with Crippen LogP contribution in [-0.4, -0.2) is 5.88 Å². The Balaban J connectivity index is 2.25. The highest BCUT2D eigenvalue weighted by Gasteiger charge is 2.41. The SMILES string of the molecule is CC(C)CC1(CCl)CC1. The molecular weight excluding hydrogens is 132 g/mol. The fourth-order valence-corrected chi connectivity index (χ4v) is 1.81. The highest BCUT2D eigenvalue weighted by molar-refractivity contribution is 6.18. The largest absolute Gasteiger partial charge is 0.126 e. The Morgan fingerprint density at radius 3 is 2.11 bits per heavy atom. The van der Waals surface area contributed by atoms with Gasteiger partial charge in [0.15, 0.2) is 0 Å². The normalized spacial score (nSPS) is 22.7. The lowest BCUT2D eigenvalue weighted by molar-refractivity contribution is 0.426. The second-order valence-electron chi connectivity index (χ2n) is 3.73. The fourth-order valence-electron chi connectivity index (χ4n) is 1.44. The van der Waals surface area contributed by atoms with Crippen LogP contribution < -0.4 is 0 Å². The van der Waals surface area contributed by atoms with Crippen molar-refractivity contribution in [3.05, 3.63) is 0 Å². The molecule has 0 radical (unpaired) electrons. The predicted molar refractivity (Wildman–Crippen MR) is 41.8 cm³/mol. The van der Waals surface area contributed by atoms with Crippen molar-refractivity contribution in [3.63, 3.8) is 0 Å². The van der Waals surface area contributed by atoms with Crippen LogP contribution in [0.4, 0.5) is 0 Å². The van der Waals surface area contributed by atoms with Crippen LogP contribution >= 0.6 is 11.6 Å². The van der Waals surface area contributed by atoms with E-state index in [-0.39, 0.29) is 0 Å². The van der Waals surface area contributed by atoms with E-state index >= 15 is 0 Å². The predicted octanol–water partition coefficient (Wildman–Crippen LogP) is 3.05. The summed E-state index contributed by atoms with van der Waals surface area (Å²) in [6.45, 7) is 4.54. The summed E-state index contributed by atoms with van der Waals surface area (Å²) in [5.74, 6) is 1.71. The molecule has 54 valence electrons. The molecule has 0 amide bonds. The first kappa shape index (κ1) is 7.40. The van der Waals surface area contributed by atoms with Crippen LogP contribution in [0.5, 0.6) is 0 Å². The minimum Gasteiger partial charge on any atom is -0.126 e. The Morgan fingerprint density at radius 1 is 1.44 bits per heavy atom. The van der Waals surface area contributed by atoms with Crippen LogP contribution in [0.3, 0.4) is 0 Å². The molecule has 1 fully saturated rings. The molecule has 0 aromatic heterocycles. The maximum Gasteiger partial charge on any atom is 0.0280 e. The zero-order valence-electron chi connectivity index (χ0n) is 6.28. The molecule has 1 heteroatoms. The van der Waals surface area contributed by atoms with E-state index < -0.39 is 0 Å². The summed E-state index contributed by atoms with van der Waals surface area (Å²) in [6.07, 6.45) is 4.07. The third-order valence-electron chi connectivity index (χ3n) is 2.08. The van der Waals surface area contributed by atoms with Crippen molar-refractivity contribution < 1.29 is 0 Å². The van der Waals surface area contributed by atoms with Gasteiger partial charge in [-0.15, -0.1) is 11.6 Å². The van der Waals surface area contributed by atoms with Crippen molar-refractivity contribution in [3.8, 4) is 0 Å². The van der Waals surface area contributed by atoms with E-state index in [0.717, 1.165) is 11.8 Å². The van der Waals surface area contributed by atoms with E-state index in [1.807, 2.05) is 0 Å². The monoisotopic (exact) mass is 146 g/mol. The third-order valence-corrected chi connectivity index (χ3v) is 2.65. The summed E-state index contributed by atoms with van der Waals surface area (Å²) in [6, 6.07) is 0. The molecule has 0 bridgehead atoms.